The molecule has 1 heterocycles. The Hall–Kier alpha value is -0.110. The Morgan fingerprint density at radius 1 is 1.21 bits per heavy atom. The van der Waals surface area contributed by atoms with E-state index in [0.29, 0.717) is 5.92 Å². The van der Waals surface area contributed by atoms with Crippen LogP contribution in [0.5, 0.6) is 0 Å². The Morgan fingerprint density at radius 3 is 2.14 bits per heavy atom. The summed E-state index contributed by atoms with van der Waals surface area (Å²) in [4.78, 5) is 0. The molecule has 0 amide bonds. The third-order valence-electron chi connectivity index (χ3n) is 3.33. The molecule has 0 aromatic rings. The summed E-state index contributed by atoms with van der Waals surface area (Å²) in [6.07, 6.45) is 0.186. The molecule has 14 heavy (non-hydrogen) atoms. The number of alkyl halides is 1. The molecule has 0 spiro atoms. The van der Waals surface area contributed by atoms with Crippen LogP contribution >= 0.6 is 0 Å². The molecule has 1 rings (SSSR count). The largest absolute Gasteiger partial charge is 0.304 e. The molecule has 0 aromatic heterocycles. The van der Waals surface area contributed by atoms with Crippen molar-refractivity contribution < 1.29 is 4.39 Å². The molecule has 0 radical (unpaired) electrons. The summed E-state index contributed by atoms with van der Waals surface area (Å²) in [6.45, 7) is 12.5. The van der Waals surface area contributed by atoms with Crippen LogP contribution in [-0.4, -0.2) is 17.2 Å². The van der Waals surface area contributed by atoms with Crippen molar-refractivity contribution in [3.05, 3.63) is 0 Å². The summed E-state index contributed by atoms with van der Waals surface area (Å²) >= 11 is 0. The summed E-state index contributed by atoms with van der Waals surface area (Å²) in [5.41, 5.74) is -0.336. The van der Waals surface area contributed by atoms with Crippen molar-refractivity contribution in [2.45, 2.75) is 65.2 Å². The van der Waals surface area contributed by atoms with E-state index in [9.17, 15) is 4.39 Å². The number of hydrogen-bond donors (Lipinski definition) is 1. The van der Waals surface area contributed by atoms with Gasteiger partial charge in [0.25, 0.3) is 0 Å². The van der Waals surface area contributed by atoms with Gasteiger partial charge in [-0.05, 0) is 46.0 Å². The van der Waals surface area contributed by atoms with E-state index in [4.69, 9.17) is 0 Å². The minimum Gasteiger partial charge on any atom is -0.304 e. The fourth-order valence-corrected chi connectivity index (χ4v) is 2.79. The Morgan fingerprint density at radius 2 is 1.71 bits per heavy atom. The van der Waals surface area contributed by atoms with E-state index >= 15 is 0 Å². The molecule has 1 fully saturated rings. The number of rotatable bonds is 1. The van der Waals surface area contributed by atoms with E-state index < -0.39 is 11.7 Å². The quantitative estimate of drug-likeness (QED) is 0.687. The third kappa shape index (κ3) is 2.28. The summed E-state index contributed by atoms with van der Waals surface area (Å²) in [6, 6.07) is 0. The predicted molar refractivity (Wildman–Crippen MR) is 59.1 cm³/mol. The first-order valence-corrected chi connectivity index (χ1v) is 5.59. The molecule has 0 saturated carbocycles. The van der Waals surface area contributed by atoms with Crippen LogP contribution in [0.4, 0.5) is 4.39 Å². The zero-order chi connectivity index (χ0) is 11.1. The first-order valence-electron chi connectivity index (χ1n) is 5.59. The van der Waals surface area contributed by atoms with Crippen LogP contribution in [-0.2, 0) is 0 Å². The first-order chi connectivity index (χ1) is 6.16. The lowest BCUT2D eigenvalue weighted by molar-refractivity contribution is 0.00369. The van der Waals surface area contributed by atoms with E-state index in [1.807, 2.05) is 13.8 Å². The average molecular weight is 201 g/mol. The van der Waals surface area contributed by atoms with E-state index in [-0.39, 0.29) is 11.5 Å². The predicted octanol–water partition coefficient (Wildman–Crippen LogP) is 3.15. The van der Waals surface area contributed by atoms with Crippen molar-refractivity contribution in [1.82, 2.24) is 5.32 Å². The highest BCUT2D eigenvalue weighted by Crippen LogP contribution is 2.38. The number of piperidine rings is 1. The highest BCUT2D eigenvalue weighted by molar-refractivity contribution is 5.03. The Bertz CT molecular complexity index is 208. The zero-order valence-electron chi connectivity index (χ0n) is 10.3. The number of nitrogens with one attached hydrogen (secondary N) is 1. The minimum atomic E-state index is -0.740. The van der Waals surface area contributed by atoms with Gasteiger partial charge in [-0.1, -0.05) is 13.8 Å². The molecule has 1 N–H and O–H groups in total. The van der Waals surface area contributed by atoms with Gasteiger partial charge in [-0.15, -0.1) is 0 Å². The molecular weight excluding hydrogens is 177 g/mol. The minimum absolute atomic E-state index is 0.0566. The molecule has 2 atom stereocenters. The Labute approximate surface area is 87.5 Å². The lowest BCUT2D eigenvalue weighted by Gasteiger charge is -2.50. The molecule has 84 valence electrons. The third-order valence-corrected chi connectivity index (χ3v) is 3.33. The summed E-state index contributed by atoms with van der Waals surface area (Å²) in [5, 5.41) is 3.39. The van der Waals surface area contributed by atoms with Crippen LogP contribution in [0.2, 0.25) is 0 Å². The van der Waals surface area contributed by atoms with Gasteiger partial charge in [0, 0.05) is 11.1 Å². The van der Waals surface area contributed by atoms with Gasteiger partial charge in [0.1, 0.15) is 6.17 Å². The topological polar surface area (TPSA) is 12.0 Å². The maximum atomic E-state index is 14.2. The van der Waals surface area contributed by atoms with Crippen LogP contribution in [0.1, 0.15) is 48.0 Å². The van der Waals surface area contributed by atoms with E-state index in [2.05, 4.69) is 33.0 Å². The number of hydrogen-bond acceptors (Lipinski definition) is 1. The lowest BCUT2D eigenvalue weighted by Crippen LogP contribution is -2.64. The van der Waals surface area contributed by atoms with Gasteiger partial charge in [-0.2, -0.15) is 0 Å². The van der Waals surface area contributed by atoms with Gasteiger partial charge in [0.2, 0.25) is 0 Å². The lowest BCUT2D eigenvalue weighted by atomic mass is 9.70. The normalized spacial score (nSPS) is 36.0. The van der Waals surface area contributed by atoms with Gasteiger partial charge in [-0.3, -0.25) is 0 Å². The first kappa shape index (κ1) is 12.0. The molecular formula is C12H24FN. The Kier molecular flexibility index (Phi) is 2.97. The van der Waals surface area contributed by atoms with Crippen molar-refractivity contribution in [3.63, 3.8) is 0 Å². The molecule has 0 unspecified atom stereocenters. The smallest absolute Gasteiger partial charge is 0.121 e. The summed E-state index contributed by atoms with van der Waals surface area (Å²) in [7, 11) is 0. The molecule has 1 nitrogen and oxygen atoms in total. The Balaban J connectivity index is 2.88. The second-order valence-electron chi connectivity index (χ2n) is 6.24. The molecule has 0 aromatic carbocycles. The fourth-order valence-electron chi connectivity index (χ4n) is 2.79. The van der Waals surface area contributed by atoms with Crippen molar-refractivity contribution in [2.24, 2.45) is 11.8 Å². The van der Waals surface area contributed by atoms with Gasteiger partial charge in [0.05, 0.1) is 0 Å². The van der Waals surface area contributed by atoms with Crippen molar-refractivity contribution >= 4 is 0 Å². The summed E-state index contributed by atoms with van der Waals surface area (Å²) in [5.74, 6) is 0.604. The van der Waals surface area contributed by atoms with E-state index in [0.717, 1.165) is 6.42 Å². The zero-order valence-corrected chi connectivity index (χ0v) is 10.3. The molecule has 1 aliphatic heterocycles. The standard InChI is InChI=1S/C12H24FN/c1-8(2)9-7-11(3,4)14-12(5,6)10(9)13/h8-10,14H,7H2,1-6H3/t9-,10+/m0/s1. The van der Waals surface area contributed by atoms with Crippen molar-refractivity contribution in [1.29, 1.82) is 0 Å². The average Bonchev–Trinajstić information content (AvgIpc) is 1.94. The molecule has 0 aliphatic carbocycles. The molecule has 1 aliphatic rings. The molecule has 2 heteroatoms. The van der Waals surface area contributed by atoms with E-state index in [1.54, 1.807) is 0 Å². The van der Waals surface area contributed by atoms with Gasteiger partial charge in [-0.25, -0.2) is 4.39 Å². The second-order valence-corrected chi connectivity index (χ2v) is 6.24. The molecule has 0 bridgehead atoms. The maximum absolute atomic E-state index is 14.2. The summed E-state index contributed by atoms with van der Waals surface area (Å²) < 4.78 is 14.2. The van der Waals surface area contributed by atoms with Gasteiger partial charge < -0.3 is 5.32 Å². The van der Waals surface area contributed by atoms with Gasteiger partial charge >= 0.3 is 0 Å². The van der Waals surface area contributed by atoms with Gasteiger partial charge in [0.15, 0.2) is 0 Å². The second kappa shape index (κ2) is 3.48. The highest BCUT2D eigenvalue weighted by Gasteiger charge is 2.46. The van der Waals surface area contributed by atoms with Crippen LogP contribution in [0.15, 0.2) is 0 Å². The van der Waals surface area contributed by atoms with Crippen LogP contribution in [0.3, 0.4) is 0 Å². The maximum Gasteiger partial charge on any atom is 0.121 e. The van der Waals surface area contributed by atoms with Crippen LogP contribution in [0, 0.1) is 11.8 Å². The van der Waals surface area contributed by atoms with Crippen molar-refractivity contribution in [2.75, 3.05) is 0 Å². The van der Waals surface area contributed by atoms with Crippen LogP contribution < -0.4 is 5.32 Å². The monoisotopic (exact) mass is 201 g/mol. The number of halogens is 1. The van der Waals surface area contributed by atoms with Crippen LogP contribution in [0.25, 0.3) is 0 Å². The van der Waals surface area contributed by atoms with Crippen molar-refractivity contribution in [3.8, 4) is 0 Å². The SMILES string of the molecule is CC(C)[C@@H]1CC(C)(C)NC(C)(C)[C@@H]1F. The molecule has 1 saturated heterocycles. The fraction of sp³-hybridized carbons (Fsp3) is 1.00. The van der Waals surface area contributed by atoms with E-state index in [1.165, 1.54) is 0 Å². The highest BCUT2D eigenvalue weighted by atomic mass is 19.1.